The van der Waals surface area contributed by atoms with Gasteiger partial charge in [0.2, 0.25) is 0 Å². The van der Waals surface area contributed by atoms with Gasteiger partial charge in [-0.3, -0.25) is 0 Å². The van der Waals surface area contributed by atoms with E-state index in [1.165, 1.54) is 38.5 Å². The van der Waals surface area contributed by atoms with Crippen LogP contribution in [0, 0.1) is 34.5 Å². The molecule has 4 aliphatic carbocycles. The average molecular weight is 319 g/mol. The van der Waals surface area contributed by atoms with Crippen molar-refractivity contribution in [1.29, 1.82) is 0 Å². The van der Waals surface area contributed by atoms with Gasteiger partial charge in [0.05, 0.1) is 12.1 Å². The van der Waals surface area contributed by atoms with E-state index >= 15 is 0 Å². The van der Waals surface area contributed by atoms with Crippen LogP contribution in [-0.4, -0.2) is 17.3 Å². The number of rotatable bonds is 1. The van der Waals surface area contributed by atoms with Crippen molar-refractivity contribution in [3.63, 3.8) is 0 Å². The molecule has 0 unspecified atom stereocenters. The van der Waals surface area contributed by atoms with E-state index in [0.29, 0.717) is 16.9 Å². The van der Waals surface area contributed by atoms with Crippen LogP contribution in [-0.2, 0) is 0 Å². The average Bonchev–Trinajstić information content (AvgIpc) is 2.85. The minimum atomic E-state index is -0.0809. The minimum Gasteiger partial charge on any atom is -0.393 e. The molecule has 4 aliphatic rings. The molecule has 0 aromatic rings. The predicted octanol–water partition coefficient (Wildman–Crippen LogP) is 3.56. The molecule has 0 spiro atoms. The first-order chi connectivity index (χ1) is 10.9. The van der Waals surface area contributed by atoms with Crippen LogP contribution in [0.2, 0.25) is 0 Å². The van der Waals surface area contributed by atoms with E-state index in [-0.39, 0.29) is 6.10 Å². The summed E-state index contributed by atoms with van der Waals surface area (Å²) in [5, 5.41) is 10.1. The third kappa shape index (κ3) is 2.20. The van der Waals surface area contributed by atoms with E-state index in [1.54, 1.807) is 5.57 Å². The summed E-state index contributed by atoms with van der Waals surface area (Å²) in [6.07, 6.45) is 12.6. The topological polar surface area (TPSA) is 47.9 Å². The Labute approximate surface area is 141 Å². The second-order valence-electron chi connectivity index (χ2n) is 9.86. The number of hydrogen-bond acceptors (Lipinski definition) is 1. The third-order valence-electron chi connectivity index (χ3n) is 8.84. The fourth-order valence-corrected chi connectivity index (χ4v) is 7.62. The molecule has 0 amide bonds. The molecule has 3 saturated carbocycles. The molecule has 3 fully saturated rings. The standard InChI is InChI=1S/C21H35NO/c1-13(22)17-6-7-18-16-5-4-14-12-15(23)8-10-20(14,2)19(16)9-11-21(17,18)3/h4,13,15-19,23H,5-12,22H2,1-3H3/p+1/t13-,15-,16+,17-,18-,19+,20-,21+/m0/s1. The van der Waals surface area contributed by atoms with Gasteiger partial charge in [0.25, 0.3) is 0 Å². The summed E-state index contributed by atoms with van der Waals surface area (Å²) in [6.45, 7) is 7.47. The summed E-state index contributed by atoms with van der Waals surface area (Å²) in [5.41, 5.74) is 6.93. The molecular weight excluding hydrogens is 282 g/mol. The zero-order chi connectivity index (χ0) is 16.4. The lowest BCUT2D eigenvalue weighted by molar-refractivity contribution is -0.433. The highest BCUT2D eigenvalue weighted by Crippen LogP contribution is 2.66. The van der Waals surface area contributed by atoms with Crippen molar-refractivity contribution < 1.29 is 10.8 Å². The first kappa shape index (κ1) is 16.1. The van der Waals surface area contributed by atoms with Gasteiger partial charge in [-0.2, -0.15) is 0 Å². The molecule has 2 nitrogen and oxygen atoms in total. The van der Waals surface area contributed by atoms with E-state index < -0.39 is 0 Å². The van der Waals surface area contributed by atoms with Crippen molar-refractivity contribution in [1.82, 2.24) is 0 Å². The second kappa shape index (κ2) is 5.33. The molecule has 0 bridgehead atoms. The Morgan fingerprint density at radius 1 is 1.13 bits per heavy atom. The van der Waals surface area contributed by atoms with Gasteiger partial charge in [-0.1, -0.05) is 25.5 Å². The SMILES string of the molecule is C[C@H]([NH3+])[C@@H]1CC[C@H]2[C@H]3CC=C4C[C@@H](O)CC[C@]4(C)[C@@H]3CC[C@@]21C. The molecule has 4 N–H and O–H groups in total. The Morgan fingerprint density at radius 3 is 2.65 bits per heavy atom. The summed E-state index contributed by atoms with van der Waals surface area (Å²) in [6, 6.07) is 0.594. The van der Waals surface area contributed by atoms with Gasteiger partial charge in [-0.25, -0.2) is 0 Å². The van der Waals surface area contributed by atoms with Crippen molar-refractivity contribution in [3.05, 3.63) is 11.6 Å². The maximum Gasteiger partial charge on any atom is 0.0848 e. The number of fused-ring (bicyclic) bond motifs is 5. The van der Waals surface area contributed by atoms with Gasteiger partial charge < -0.3 is 10.8 Å². The second-order valence-corrected chi connectivity index (χ2v) is 9.86. The van der Waals surface area contributed by atoms with E-state index in [9.17, 15) is 5.11 Å². The highest BCUT2D eigenvalue weighted by Gasteiger charge is 2.59. The van der Waals surface area contributed by atoms with Crippen LogP contribution in [0.1, 0.15) is 72.1 Å². The molecule has 0 aliphatic heterocycles. The van der Waals surface area contributed by atoms with Crippen LogP contribution in [0.4, 0.5) is 0 Å². The zero-order valence-corrected chi connectivity index (χ0v) is 15.4. The number of allylic oxidation sites excluding steroid dienone is 1. The Morgan fingerprint density at radius 2 is 1.91 bits per heavy atom. The number of aliphatic hydroxyl groups excluding tert-OH is 1. The minimum absolute atomic E-state index is 0.0809. The maximum atomic E-state index is 10.1. The van der Waals surface area contributed by atoms with Gasteiger partial charge in [0.1, 0.15) is 0 Å². The number of aliphatic hydroxyl groups is 1. The lowest BCUT2D eigenvalue weighted by Crippen LogP contribution is -2.65. The Bertz CT molecular complexity index is 512. The Balaban J connectivity index is 1.65. The first-order valence-electron chi connectivity index (χ1n) is 10.1. The van der Waals surface area contributed by atoms with Crippen molar-refractivity contribution in [2.75, 3.05) is 0 Å². The Hall–Kier alpha value is -0.340. The molecule has 130 valence electrons. The lowest BCUT2D eigenvalue weighted by Gasteiger charge is -2.58. The van der Waals surface area contributed by atoms with Gasteiger partial charge in [-0.15, -0.1) is 0 Å². The molecule has 0 aromatic carbocycles. The van der Waals surface area contributed by atoms with E-state index in [0.717, 1.165) is 36.5 Å². The smallest absolute Gasteiger partial charge is 0.0848 e. The zero-order valence-electron chi connectivity index (χ0n) is 15.4. The molecular formula is C21H36NO+. The van der Waals surface area contributed by atoms with Crippen molar-refractivity contribution in [2.24, 2.45) is 34.5 Å². The molecule has 4 rings (SSSR count). The third-order valence-corrected chi connectivity index (χ3v) is 8.84. The van der Waals surface area contributed by atoms with Gasteiger partial charge >= 0.3 is 0 Å². The summed E-state index contributed by atoms with van der Waals surface area (Å²) in [4.78, 5) is 0. The van der Waals surface area contributed by atoms with Gasteiger partial charge in [0, 0.05) is 5.92 Å². The van der Waals surface area contributed by atoms with Crippen LogP contribution in [0.25, 0.3) is 0 Å². The monoisotopic (exact) mass is 318 g/mol. The van der Waals surface area contributed by atoms with Crippen molar-refractivity contribution >= 4 is 0 Å². The first-order valence-corrected chi connectivity index (χ1v) is 10.1. The van der Waals surface area contributed by atoms with E-state index in [4.69, 9.17) is 0 Å². The van der Waals surface area contributed by atoms with E-state index in [1.807, 2.05) is 0 Å². The number of quaternary nitrogens is 1. The predicted molar refractivity (Wildman–Crippen MR) is 93.5 cm³/mol. The molecule has 0 heterocycles. The fourth-order valence-electron chi connectivity index (χ4n) is 7.62. The van der Waals surface area contributed by atoms with Crippen molar-refractivity contribution in [3.8, 4) is 0 Å². The summed E-state index contributed by atoms with van der Waals surface area (Å²) in [7, 11) is 0. The highest BCUT2D eigenvalue weighted by molar-refractivity contribution is 5.25. The van der Waals surface area contributed by atoms with Gasteiger partial charge in [0.15, 0.2) is 0 Å². The van der Waals surface area contributed by atoms with E-state index in [2.05, 4.69) is 32.6 Å². The molecule has 23 heavy (non-hydrogen) atoms. The summed E-state index contributed by atoms with van der Waals surface area (Å²) >= 11 is 0. The van der Waals surface area contributed by atoms with Crippen LogP contribution >= 0.6 is 0 Å². The van der Waals surface area contributed by atoms with Gasteiger partial charge in [-0.05, 0) is 86.9 Å². The largest absolute Gasteiger partial charge is 0.393 e. The van der Waals surface area contributed by atoms with Crippen LogP contribution < -0.4 is 5.73 Å². The maximum absolute atomic E-state index is 10.1. The molecule has 0 aromatic heterocycles. The highest BCUT2D eigenvalue weighted by atomic mass is 16.3. The summed E-state index contributed by atoms with van der Waals surface area (Å²) < 4.78 is 0. The Kier molecular flexibility index (Phi) is 3.74. The molecule has 2 heteroatoms. The normalized spacial score (nSPS) is 53.8. The quantitative estimate of drug-likeness (QED) is 0.714. The molecule has 0 radical (unpaired) electrons. The molecule has 8 atom stereocenters. The van der Waals surface area contributed by atoms with Crippen LogP contribution in [0.15, 0.2) is 11.6 Å². The van der Waals surface area contributed by atoms with Crippen molar-refractivity contribution in [2.45, 2.75) is 84.3 Å². The van der Waals surface area contributed by atoms with Crippen LogP contribution in [0.3, 0.4) is 0 Å². The fraction of sp³-hybridized carbons (Fsp3) is 0.905. The number of hydrogen-bond donors (Lipinski definition) is 2. The molecule has 0 saturated heterocycles. The summed E-state index contributed by atoms with van der Waals surface area (Å²) in [5.74, 6) is 3.50. The lowest BCUT2D eigenvalue weighted by atomic mass is 9.47. The van der Waals surface area contributed by atoms with Crippen LogP contribution in [0.5, 0.6) is 0 Å².